The molecule has 1 unspecified atom stereocenters. The number of aromatic nitrogens is 1. The van der Waals surface area contributed by atoms with Crippen molar-refractivity contribution in [3.8, 4) is 6.07 Å². The number of hydrogen-bond donors (Lipinski definition) is 2. The van der Waals surface area contributed by atoms with Gasteiger partial charge in [0.25, 0.3) is 0 Å². The summed E-state index contributed by atoms with van der Waals surface area (Å²) in [4.78, 5) is 4.14. The minimum absolute atomic E-state index is 0.292. The van der Waals surface area contributed by atoms with Crippen LogP contribution in [0.5, 0.6) is 0 Å². The van der Waals surface area contributed by atoms with Gasteiger partial charge in [0, 0.05) is 6.54 Å². The topological polar surface area (TPSA) is 74.7 Å². The molecular weight excluding hydrogens is 200 g/mol. The average molecular weight is 216 g/mol. The van der Waals surface area contributed by atoms with Gasteiger partial charge in [-0.05, 0) is 29.9 Å². The molecule has 0 amide bonds. The lowest BCUT2D eigenvalue weighted by molar-refractivity contribution is 0.573. The molecule has 84 valence electrons. The van der Waals surface area contributed by atoms with Crippen LogP contribution in [0.25, 0.3) is 0 Å². The Morgan fingerprint density at radius 2 is 2.31 bits per heavy atom. The van der Waals surface area contributed by atoms with Crippen LogP contribution < -0.4 is 11.1 Å². The van der Waals surface area contributed by atoms with Gasteiger partial charge in [0.2, 0.25) is 0 Å². The minimum atomic E-state index is 0.292. The molecule has 0 spiro atoms. The van der Waals surface area contributed by atoms with Crippen LogP contribution in [0.15, 0.2) is 12.1 Å². The van der Waals surface area contributed by atoms with Crippen LogP contribution in [-0.2, 0) is 0 Å². The summed E-state index contributed by atoms with van der Waals surface area (Å²) in [6.07, 6.45) is 1.25. The first-order valence-corrected chi connectivity index (χ1v) is 5.43. The summed E-state index contributed by atoms with van der Waals surface area (Å²) in [5, 5.41) is 12.0. The van der Waals surface area contributed by atoms with Gasteiger partial charge in [0.1, 0.15) is 11.9 Å². The van der Waals surface area contributed by atoms with E-state index >= 15 is 0 Å². The maximum Gasteiger partial charge on any atom is 0.165 e. The fourth-order valence-electron chi connectivity index (χ4n) is 1.81. The maximum absolute atomic E-state index is 8.80. The van der Waals surface area contributed by atoms with Gasteiger partial charge < -0.3 is 11.1 Å². The molecule has 0 bridgehead atoms. The van der Waals surface area contributed by atoms with E-state index in [0.29, 0.717) is 22.7 Å². The summed E-state index contributed by atoms with van der Waals surface area (Å²) in [5.74, 6) is 1.44. The molecule has 1 heterocycles. The Labute approximate surface area is 95.5 Å². The van der Waals surface area contributed by atoms with Crippen LogP contribution >= 0.6 is 0 Å². The number of nitrogens with zero attached hydrogens (tertiary/aromatic N) is 2. The summed E-state index contributed by atoms with van der Waals surface area (Å²) in [6.45, 7) is 5.43. The van der Waals surface area contributed by atoms with Gasteiger partial charge in [-0.1, -0.05) is 13.8 Å². The Balaban J connectivity index is 1.98. The van der Waals surface area contributed by atoms with E-state index in [2.05, 4.69) is 24.1 Å². The van der Waals surface area contributed by atoms with E-state index < -0.39 is 0 Å². The molecule has 0 radical (unpaired) electrons. The SMILES string of the molecule is CC1(C)CC1CNc1ccc(N)c(C#N)n1. The maximum atomic E-state index is 8.80. The van der Waals surface area contributed by atoms with Crippen molar-refractivity contribution >= 4 is 11.5 Å². The average Bonchev–Trinajstić information content (AvgIpc) is 2.85. The van der Waals surface area contributed by atoms with E-state index in [1.165, 1.54) is 6.42 Å². The van der Waals surface area contributed by atoms with Crippen molar-refractivity contribution in [3.05, 3.63) is 17.8 Å². The minimum Gasteiger partial charge on any atom is -0.396 e. The first kappa shape index (κ1) is 10.7. The predicted molar refractivity (Wildman–Crippen MR) is 63.7 cm³/mol. The Hall–Kier alpha value is -1.76. The fourth-order valence-corrected chi connectivity index (χ4v) is 1.81. The van der Waals surface area contributed by atoms with Crippen molar-refractivity contribution in [2.75, 3.05) is 17.6 Å². The third kappa shape index (κ3) is 2.08. The molecule has 1 aliphatic carbocycles. The third-order valence-electron chi connectivity index (χ3n) is 3.28. The van der Waals surface area contributed by atoms with E-state index in [1.807, 2.05) is 12.1 Å². The first-order chi connectivity index (χ1) is 7.53. The lowest BCUT2D eigenvalue weighted by Crippen LogP contribution is -2.09. The van der Waals surface area contributed by atoms with E-state index in [4.69, 9.17) is 11.0 Å². The first-order valence-electron chi connectivity index (χ1n) is 5.43. The molecule has 1 aliphatic rings. The molecule has 1 aromatic heterocycles. The molecule has 3 N–H and O–H groups in total. The van der Waals surface area contributed by atoms with Crippen LogP contribution in [-0.4, -0.2) is 11.5 Å². The van der Waals surface area contributed by atoms with Gasteiger partial charge in [0.05, 0.1) is 5.69 Å². The van der Waals surface area contributed by atoms with Crippen molar-refractivity contribution in [2.45, 2.75) is 20.3 Å². The molecule has 0 aliphatic heterocycles. The molecule has 1 aromatic rings. The number of pyridine rings is 1. The quantitative estimate of drug-likeness (QED) is 0.810. The highest BCUT2D eigenvalue weighted by Gasteiger charge is 2.44. The number of nitriles is 1. The van der Waals surface area contributed by atoms with Gasteiger partial charge in [-0.15, -0.1) is 0 Å². The predicted octanol–water partition coefficient (Wildman–Crippen LogP) is 1.99. The molecule has 1 fully saturated rings. The highest BCUT2D eigenvalue weighted by molar-refractivity contribution is 5.54. The molecule has 0 saturated heterocycles. The Morgan fingerprint density at radius 3 is 2.88 bits per heavy atom. The van der Waals surface area contributed by atoms with Gasteiger partial charge in [0.15, 0.2) is 5.69 Å². The highest BCUT2D eigenvalue weighted by atomic mass is 15.0. The van der Waals surface area contributed by atoms with Gasteiger partial charge in [-0.25, -0.2) is 4.98 Å². The molecule has 16 heavy (non-hydrogen) atoms. The number of nitrogen functional groups attached to an aromatic ring is 1. The van der Waals surface area contributed by atoms with E-state index in [0.717, 1.165) is 12.4 Å². The van der Waals surface area contributed by atoms with E-state index in [9.17, 15) is 0 Å². The Bertz CT molecular complexity index is 445. The molecule has 1 atom stereocenters. The summed E-state index contributed by atoms with van der Waals surface area (Å²) < 4.78 is 0. The zero-order valence-electron chi connectivity index (χ0n) is 9.62. The van der Waals surface area contributed by atoms with Gasteiger partial charge in [-0.2, -0.15) is 5.26 Å². The number of nitrogens with two attached hydrogens (primary N) is 1. The smallest absolute Gasteiger partial charge is 0.165 e. The molecule has 1 saturated carbocycles. The normalized spacial score (nSPS) is 21.2. The number of nitrogens with one attached hydrogen (secondary N) is 1. The van der Waals surface area contributed by atoms with E-state index in [-0.39, 0.29) is 0 Å². The lowest BCUT2D eigenvalue weighted by Gasteiger charge is -2.07. The Kier molecular flexibility index (Phi) is 2.47. The number of rotatable bonds is 3. The van der Waals surface area contributed by atoms with Crippen LogP contribution in [0.4, 0.5) is 11.5 Å². The third-order valence-corrected chi connectivity index (χ3v) is 3.28. The summed E-state index contributed by atoms with van der Waals surface area (Å²) in [7, 11) is 0. The van der Waals surface area contributed by atoms with Crippen LogP contribution in [0.3, 0.4) is 0 Å². The summed E-state index contributed by atoms with van der Waals surface area (Å²) in [6, 6.07) is 5.50. The van der Waals surface area contributed by atoms with Crippen molar-refractivity contribution in [1.82, 2.24) is 4.98 Å². The van der Waals surface area contributed by atoms with Crippen molar-refractivity contribution in [2.24, 2.45) is 11.3 Å². The van der Waals surface area contributed by atoms with Crippen LogP contribution in [0.1, 0.15) is 26.0 Å². The van der Waals surface area contributed by atoms with Crippen molar-refractivity contribution in [1.29, 1.82) is 5.26 Å². The largest absolute Gasteiger partial charge is 0.396 e. The highest BCUT2D eigenvalue weighted by Crippen LogP contribution is 2.51. The summed E-state index contributed by atoms with van der Waals surface area (Å²) in [5.41, 5.74) is 6.78. The van der Waals surface area contributed by atoms with Gasteiger partial charge in [-0.3, -0.25) is 0 Å². The van der Waals surface area contributed by atoms with Crippen LogP contribution in [0.2, 0.25) is 0 Å². The Morgan fingerprint density at radius 1 is 1.62 bits per heavy atom. The summed E-state index contributed by atoms with van der Waals surface area (Å²) >= 11 is 0. The second kappa shape index (κ2) is 3.67. The zero-order chi connectivity index (χ0) is 11.8. The molecule has 4 heteroatoms. The monoisotopic (exact) mass is 216 g/mol. The fraction of sp³-hybridized carbons (Fsp3) is 0.500. The molecule has 4 nitrogen and oxygen atoms in total. The lowest BCUT2D eigenvalue weighted by atomic mass is 10.1. The molecular formula is C12H16N4. The number of anilines is 2. The number of hydrogen-bond acceptors (Lipinski definition) is 4. The molecule has 2 rings (SSSR count). The second-order valence-corrected chi connectivity index (χ2v) is 5.02. The van der Waals surface area contributed by atoms with Crippen molar-refractivity contribution < 1.29 is 0 Å². The zero-order valence-corrected chi connectivity index (χ0v) is 9.62. The van der Waals surface area contributed by atoms with Crippen molar-refractivity contribution in [3.63, 3.8) is 0 Å². The molecule has 0 aromatic carbocycles. The standard InChI is InChI=1S/C12H16N4/c1-12(2)5-8(12)7-15-11-4-3-9(14)10(6-13)16-11/h3-4,8H,5,7,14H2,1-2H3,(H,15,16). The van der Waals surface area contributed by atoms with E-state index in [1.54, 1.807) is 6.07 Å². The van der Waals surface area contributed by atoms with Gasteiger partial charge >= 0.3 is 0 Å². The van der Waals surface area contributed by atoms with Crippen LogP contribution in [0, 0.1) is 22.7 Å². The second-order valence-electron chi connectivity index (χ2n) is 5.02.